The summed E-state index contributed by atoms with van der Waals surface area (Å²) in [7, 11) is 0. The monoisotopic (exact) mass is 372 g/mol. The van der Waals surface area contributed by atoms with Gasteiger partial charge in [0.05, 0.1) is 10.2 Å². The second-order valence-corrected chi connectivity index (χ2v) is 6.00. The molecule has 0 aliphatic heterocycles. The highest BCUT2D eigenvalue weighted by atomic mass is 127. The molecule has 2 aromatic heterocycles. The van der Waals surface area contributed by atoms with Gasteiger partial charge >= 0.3 is 0 Å². The van der Waals surface area contributed by atoms with Gasteiger partial charge < -0.3 is 0 Å². The molecule has 0 saturated carbocycles. The van der Waals surface area contributed by atoms with Crippen molar-refractivity contribution in [2.45, 2.75) is 0 Å². The SMILES string of the molecule is Clc1nc(-c2ccc(I)cc2)nc2ccsc12. The van der Waals surface area contributed by atoms with Crippen LogP contribution in [0.3, 0.4) is 0 Å². The number of fused-ring (bicyclic) bond motifs is 1. The predicted molar refractivity (Wildman–Crippen MR) is 80.6 cm³/mol. The van der Waals surface area contributed by atoms with Crippen molar-refractivity contribution in [3.8, 4) is 11.4 Å². The van der Waals surface area contributed by atoms with Crippen molar-refractivity contribution in [2.24, 2.45) is 0 Å². The number of halogens is 2. The molecule has 2 heterocycles. The number of thiophene rings is 1. The summed E-state index contributed by atoms with van der Waals surface area (Å²) >= 11 is 9.98. The molecule has 0 aliphatic carbocycles. The smallest absolute Gasteiger partial charge is 0.161 e. The summed E-state index contributed by atoms with van der Waals surface area (Å²) < 4.78 is 2.13. The summed E-state index contributed by atoms with van der Waals surface area (Å²) in [6.45, 7) is 0. The molecular formula is C12H6ClIN2S. The van der Waals surface area contributed by atoms with Crippen LogP contribution in [-0.2, 0) is 0 Å². The summed E-state index contributed by atoms with van der Waals surface area (Å²) in [5, 5.41) is 2.50. The molecule has 0 atom stereocenters. The van der Waals surface area contributed by atoms with Crippen molar-refractivity contribution in [3.05, 3.63) is 44.4 Å². The van der Waals surface area contributed by atoms with E-state index in [1.54, 1.807) is 11.3 Å². The van der Waals surface area contributed by atoms with Crippen LogP contribution in [0.5, 0.6) is 0 Å². The molecule has 5 heteroatoms. The zero-order valence-corrected chi connectivity index (χ0v) is 12.3. The molecule has 2 nitrogen and oxygen atoms in total. The van der Waals surface area contributed by atoms with Crippen LogP contribution in [-0.4, -0.2) is 9.97 Å². The van der Waals surface area contributed by atoms with Gasteiger partial charge in [-0.15, -0.1) is 11.3 Å². The fourth-order valence-corrected chi connectivity index (χ4v) is 2.94. The van der Waals surface area contributed by atoms with Crippen molar-refractivity contribution >= 4 is 55.7 Å². The van der Waals surface area contributed by atoms with Gasteiger partial charge in [-0.2, -0.15) is 0 Å². The molecule has 0 bridgehead atoms. The molecule has 0 aliphatic rings. The normalized spacial score (nSPS) is 10.9. The number of nitrogens with zero attached hydrogens (tertiary/aromatic N) is 2. The van der Waals surface area contributed by atoms with E-state index in [0.717, 1.165) is 15.8 Å². The molecule has 0 spiro atoms. The Morgan fingerprint density at radius 3 is 2.59 bits per heavy atom. The lowest BCUT2D eigenvalue weighted by molar-refractivity contribution is 1.23. The third kappa shape index (κ3) is 2.17. The minimum Gasteiger partial charge on any atom is -0.227 e. The number of rotatable bonds is 1. The zero-order chi connectivity index (χ0) is 11.8. The maximum absolute atomic E-state index is 6.14. The summed E-state index contributed by atoms with van der Waals surface area (Å²) in [5.41, 5.74) is 1.89. The fraction of sp³-hybridized carbons (Fsp3) is 0. The minimum atomic E-state index is 0.526. The number of hydrogen-bond donors (Lipinski definition) is 0. The Labute approximate surface area is 121 Å². The third-order valence-electron chi connectivity index (χ3n) is 2.36. The predicted octanol–water partition coefficient (Wildman–Crippen LogP) is 4.62. The van der Waals surface area contributed by atoms with Crippen LogP contribution in [0.2, 0.25) is 5.15 Å². The van der Waals surface area contributed by atoms with Crippen LogP contribution in [0, 0.1) is 3.57 Å². The van der Waals surface area contributed by atoms with Gasteiger partial charge in [0.1, 0.15) is 0 Å². The number of hydrogen-bond acceptors (Lipinski definition) is 3. The van der Waals surface area contributed by atoms with E-state index in [2.05, 4.69) is 32.6 Å². The minimum absolute atomic E-state index is 0.526. The zero-order valence-electron chi connectivity index (χ0n) is 8.52. The van der Waals surface area contributed by atoms with E-state index in [0.29, 0.717) is 11.0 Å². The van der Waals surface area contributed by atoms with Crippen molar-refractivity contribution in [1.82, 2.24) is 9.97 Å². The van der Waals surface area contributed by atoms with Crippen LogP contribution >= 0.6 is 45.5 Å². The van der Waals surface area contributed by atoms with Gasteiger partial charge in [-0.25, -0.2) is 9.97 Å². The first-order chi connectivity index (χ1) is 8.24. The van der Waals surface area contributed by atoms with E-state index in [1.165, 1.54) is 3.57 Å². The highest BCUT2D eigenvalue weighted by Gasteiger charge is 2.08. The Hall–Kier alpha value is -0.720. The molecule has 0 N–H and O–H groups in total. The maximum atomic E-state index is 6.14. The Kier molecular flexibility index (Phi) is 3.02. The molecule has 3 rings (SSSR count). The van der Waals surface area contributed by atoms with Crippen LogP contribution in [0.15, 0.2) is 35.7 Å². The number of benzene rings is 1. The van der Waals surface area contributed by atoms with Crippen molar-refractivity contribution in [1.29, 1.82) is 0 Å². The highest BCUT2D eigenvalue weighted by molar-refractivity contribution is 14.1. The first-order valence-corrected chi connectivity index (χ1v) is 7.24. The molecule has 0 saturated heterocycles. The molecule has 3 aromatic rings. The molecule has 1 aromatic carbocycles. The van der Waals surface area contributed by atoms with Gasteiger partial charge in [-0.1, -0.05) is 23.7 Å². The average Bonchev–Trinajstić information content (AvgIpc) is 2.78. The topological polar surface area (TPSA) is 25.8 Å². The Balaban J connectivity index is 2.20. The fourth-order valence-electron chi connectivity index (χ4n) is 1.56. The molecule has 0 unspecified atom stereocenters. The molecular weight excluding hydrogens is 367 g/mol. The van der Waals surface area contributed by atoms with Gasteiger partial charge in [0, 0.05) is 9.13 Å². The third-order valence-corrected chi connectivity index (χ3v) is 4.38. The summed E-state index contributed by atoms with van der Waals surface area (Å²) in [6.07, 6.45) is 0. The van der Waals surface area contributed by atoms with E-state index in [4.69, 9.17) is 11.6 Å². The molecule has 0 radical (unpaired) electrons. The Morgan fingerprint density at radius 2 is 1.82 bits per heavy atom. The van der Waals surface area contributed by atoms with Crippen LogP contribution in [0.1, 0.15) is 0 Å². The Morgan fingerprint density at radius 1 is 1.06 bits per heavy atom. The van der Waals surface area contributed by atoms with Crippen molar-refractivity contribution in [3.63, 3.8) is 0 Å². The first-order valence-electron chi connectivity index (χ1n) is 4.91. The van der Waals surface area contributed by atoms with Crippen LogP contribution in [0.25, 0.3) is 21.6 Å². The largest absolute Gasteiger partial charge is 0.227 e. The van der Waals surface area contributed by atoms with E-state index in [-0.39, 0.29) is 0 Å². The second-order valence-electron chi connectivity index (χ2n) is 3.48. The van der Waals surface area contributed by atoms with E-state index in [1.807, 2.05) is 35.7 Å². The van der Waals surface area contributed by atoms with Gasteiger partial charge in [-0.3, -0.25) is 0 Å². The maximum Gasteiger partial charge on any atom is 0.161 e. The molecule has 0 fully saturated rings. The lowest BCUT2D eigenvalue weighted by atomic mass is 10.2. The van der Waals surface area contributed by atoms with Crippen LogP contribution < -0.4 is 0 Å². The highest BCUT2D eigenvalue weighted by Crippen LogP contribution is 2.28. The van der Waals surface area contributed by atoms with Gasteiger partial charge in [0.25, 0.3) is 0 Å². The van der Waals surface area contributed by atoms with Gasteiger partial charge in [-0.05, 0) is 46.2 Å². The van der Waals surface area contributed by atoms with Crippen LogP contribution in [0.4, 0.5) is 0 Å². The lowest BCUT2D eigenvalue weighted by Crippen LogP contribution is -1.89. The lowest BCUT2D eigenvalue weighted by Gasteiger charge is -2.01. The first kappa shape index (κ1) is 11.4. The standard InChI is InChI=1S/C12H6ClIN2S/c13-11-10-9(5-6-17-10)15-12(16-11)7-1-3-8(14)4-2-7/h1-6H. The number of aromatic nitrogens is 2. The molecule has 84 valence electrons. The summed E-state index contributed by atoms with van der Waals surface area (Å²) in [5.74, 6) is 0.678. The average molecular weight is 373 g/mol. The summed E-state index contributed by atoms with van der Waals surface area (Å²) in [4.78, 5) is 8.84. The van der Waals surface area contributed by atoms with Gasteiger partial charge in [0.2, 0.25) is 0 Å². The van der Waals surface area contributed by atoms with E-state index >= 15 is 0 Å². The molecule has 0 amide bonds. The van der Waals surface area contributed by atoms with Crippen molar-refractivity contribution in [2.75, 3.05) is 0 Å². The molecule has 17 heavy (non-hydrogen) atoms. The van der Waals surface area contributed by atoms with Gasteiger partial charge in [0.15, 0.2) is 11.0 Å². The van der Waals surface area contributed by atoms with E-state index in [9.17, 15) is 0 Å². The quantitative estimate of drug-likeness (QED) is 0.460. The van der Waals surface area contributed by atoms with Crippen molar-refractivity contribution < 1.29 is 0 Å². The summed E-state index contributed by atoms with van der Waals surface area (Å²) in [6, 6.07) is 10.0. The second kappa shape index (κ2) is 4.51. The Bertz CT molecular complexity index is 679. The van der Waals surface area contributed by atoms with E-state index < -0.39 is 0 Å².